The summed E-state index contributed by atoms with van der Waals surface area (Å²) < 4.78 is 23.8. The monoisotopic (exact) mass is 240 g/mol. The van der Waals surface area contributed by atoms with Gasteiger partial charge in [-0.1, -0.05) is 0 Å². The minimum atomic E-state index is -0.250. The van der Waals surface area contributed by atoms with Crippen molar-refractivity contribution >= 4 is 5.69 Å². The van der Waals surface area contributed by atoms with Gasteiger partial charge >= 0.3 is 0 Å². The van der Waals surface area contributed by atoms with Crippen LogP contribution in [-0.2, 0) is 4.74 Å². The Kier molecular flexibility index (Phi) is 4.17. The van der Waals surface area contributed by atoms with Crippen LogP contribution in [0.15, 0.2) is 18.2 Å². The Morgan fingerprint density at radius 3 is 2.76 bits per heavy atom. The number of benzene rings is 1. The SMILES string of the molecule is COCOc1ccc(N2CCNCC2)c(F)c1. The van der Waals surface area contributed by atoms with Crippen LogP contribution in [0.3, 0.4) is 0 Å². The van der Waals surface area contributed by atoms with Gasteiger partial charge < -0.3 is 19.7 Å². The molecule has 1 aliphatic rings. The smallest absolute Gasteiger partial charge is 0.188 e. The maximum atomic E-state index is 13.9. The molecule has 0 amide bonds. The molecule has 0 saturated carbocycles. The zero-order valence-corrected chi connectivity index (χ0v) is 9.91. The molecule has 94 valence electrons. The van der Waals surface area contributed by atoms with Crippen LogP contribution in [-0.4, -0.2) is 40.1 Å². The summed E-state index contributed by atoms with van der Waals surface area (Å²) in [4.78, 5) is 2.03. The molecule has 1 N–H and O–H groups in total. The summed E-state index contributed by atoms with van der Waals surface area (Å²) >= 11 is 0. The number of hydrogen-bond acceptors (Lipinski definition) is 4. The first-order valence-electron chi connectivity index (χ1n) is 5.68. The maximum absolute atomic E-state index is 13.9. The number of piperazine rings is 1. The fourth-order valence-corrected chi connectivity index (χ4v) is 1.87. The van der Waals surface area contributed by atoms with E-state index in [1.165, 1.54) is 13.2 Å². The maximum Gasteiger partial charge on any atom is 0.188 e. The number of anilines is 1. The van der Waals surface area contributed by atoms with Gasteiger partial charge in [0.25, 0.3) is 0 Å². The molecule has 5 heteroatoms. The summed E-state index contributed by atoms with van der Waals surface area (Å²) in [5.74, 6) is 0.240. The van der Waals surface area contributed by atoms with Crippen molar-refractivity contribution < 1.29 is 13.9 Å². The van der Waals surface area contributed by atoms with E-state index in [-0.39, 0.29) is 12.6 Å². The highest BCUT2D eigenvalue weighted by atomic mass is 19.1. The molecule has 0 atom stereocenters. The zero-order valence-electron chi connectivity index (χ0n) is 9.91. The van der Waals surface area contributed by atoms with Gasteiger partial charge in [0.15, 0.2) is 6.79 Å². The summed E-state index contributed by atoms with van der Waals surface area (Å²) in [6.07, 6.45) is 0. The van der Waals surface area contributed by atoms with Crippen LogP contribution >= 0.6 is 0 Å². The standard InChI is InChI=1S/C12H17FN2O2/c1-16-9-17-10-2-3-12(11(13)8-10)15-6-4-14-5-7-15/h2-3,8,14H,4-7,9H2,1H3. The van der Waals surface area contributed by atoms with Crippen molar-refractivity contribution in [2.75, 3.05) is 45.0 Å². The minimum absolute atomic E-state index is 0.131. The van der Waals surface area contributed by atoms with Crippen molar-refractivity contribution in [3.05, 3.63) is 24.0 Å². The van der Waals surface area contributed by atoms with Crippen LogP contribution in [0.4, 0.5) is 10.1 Å². The molecule has 1 aliphatic heterocycles. The van der Waals surface area contributed by atoms with Crippen molar-refractivity contribution in [1.82, 2.24) is 5.32 Å². The Bertz CT molecular complexity index is 368. The van der Waals surface area contributed by atoms with Gasteiger partial charge in [0.05, 0.1) is 5.69 Å². The molecular formula is C12H17FN2O2. The van der Waals surface area contributed by atoms with E-state index in [2.05, 4.69) is 5.32 Å². The lowest BCUT2D eigenvalue weighted by Crippen LogP contribution is -2.43. The number of nitrogens with zero attached hydrogens (tertiary/aromatic N) is 1. The van der Waals surface area contributed by atoms with Crippen molar-refractivity contribution in [3.8, 4) is 5.75 Å². The fourth-order valence-electron chi connectivity index (χ4n) is 1.87. The molecule has 1 aromatic carbocycles. The van der Waals surface area contributed by atoms with Gasteiger partial charge in [-0.2, -0.15) is 0 Å². The first-order valence-corrected chi connectivity index (χ1v) is 5.68. The largest absolute Gasteiger partial charge is 0.467 e. The molecule has 0 aromatic heterocycles. The van der Waals surface area contributed by atoms with Crippen molar-refractivity contribution in [1.29, 1.82) is 0 Å². The lowest BCUT2D eigenvalue weighted by atomic mass is 10.2. The van der Waals surface area contributed by atoms with Crippen LogP contribution in [0, 0.1) is 5.82 Å². The Morgan fingerprint density at radius 1 is 1.35 bits per heavy atom. The molecule has 17 heavy (non-hydrogen) atoms. The van der Waals surface area contributed by atoms with E-state index in [1.54, 1.807) is 12.1 Å². The highest BCUT2D eigenvalue weighted by Gasteiger charge is 2.14. The second-order valence-corrected chi connectivity index (χ2v) is 3.90. The van der Waals surface area contributed by atoms with Gasteiger partial charge in [0.2, 0.25) is 0 Å². The third kappa shape index (κ3) is 3.08. The molecule has 1 aromatic rings. The molecule has 1 heterocycles. The van der Waals surface area contributed by atoms with E-state index < -0.39 is 0 Å². The summed E-state index contributed by atoms with van der Waals surface area (Å²) in [5.41, 5.74) is 0.635. The molecule has 1 fully saturated rings. The zero-order chi connectivity index (χ0) is 12.1. The van der Waals surface area contributed by atoms with Crippen LogP contribution < -0.4 is 15.0 Å². The van der Waals surface area contributed by atoms with Crippen LogP contribution in [0.5, 0.6) is 5.75 Å². The predicted octanol–water partition coefficient (Wildman–Crippen LogP) is 1.22. The molecular weight excluding hydrogens is 223 g/mol. The molecule has 4 nitrogen and oxygen atoms in total. The molecule has 0 spiro atoms. The molecule has 1 saturated heterocycles. The third-order valence-corrected chi connectivity index (χ3v) is 2.72. The second-order valence-electron chi connectivity index (χ2n) is 3.90. The second kappa shape index (κ2) is 5.84. The number of halogens is 1. The summed E-state index contributed by atoms with van der Waals surface area (Å²) in [6, 6.07) is 4.92. The summed E-state index contributed by atoms with van der Waals surface area (Å²) in [5, 5.41) is 3.24. The van der Waals surface area contributed by atoms with Crippen LogP contribution in [0.1, 0.15) is 0 Å². The first-order chi connectivity index (χ1) is 8.31. The fraction of sp³-hybridized carbons (Fsp3) is 0.500. The topological polar surface area (TPSA) is 33.7 Å². The van der Waals surface area contributed by atoms with E-state index >= 15 is 0 Å². The molecule has 0 bridgehead atoms. The molecule has 2 rings (SSSR count). The Balaban J connectivity index is 2.07. The molecule has 0 radical (unpaired) electrons. The highest BCUT2D eigenvalue weighted by Crippen LogP contribution is 2.24. The lowest BCUT2D eigenvalue weighted by molar-refractivity contribution is 0.0509. The van der Waals surface area contributed by atoms with Crippen LogP contribution in [0.25, 0.3) is 0 Å². The normalized spacial score (nSPS) is 16.0. The number of ether oxygens (including phenoxy) is 2. The van der Waals surface area contributed by atoms with E-state index in [0.29, 0.717) is 11.4 Å². The van der Waals surface area contributed by atoms with Gasteiger partial charge in [-0.3, -0.25) is 0 Å². The molecule has 0 unspecified atom stereocenters. The van der Waals surface area contributed by atoms with Gasteiger partial charge in [-0.25, -0.2) is 4.39 Å². The van der Waals surface area contributed by atoms with E-state index in [9.17, 15) is 4.39 Å². The average Bonchev–Trinajstić information content (AvgIpc) is 2.37. The number of hydrogen-bond donors (Lipinski definition) is 1. The number of rotatable bonds is 4. The van der Waals surface area contributed by atoms with E-state index in [0.717, 1.165) is 26.2 Å². The summed E-state index contributed by atoms with van der Waals surface area (Å²) in [6.45, 7) is 3.57. The Morgan fingerprint density at radius 2 is 2.12 bits per heavy atom. The highest BCUT2D eigenvalue weighted by molar-refractivity contribution is 5.51. The Labute approximate surface area is 100 Å². The number of methoxy groups -OCH3 is 1. The third-order valence-electron chi connectivity index (χ3n) is 2.72. The summed E-state index contributed by atoms with van der Waals surface area (Å²) in [7, 11) is 1.53. The predicted molar refractivity (Wildman–Crippen MR) is 64.0 cm³/mol. The quantitative estimate of drug-likeness (QED) is 0.802. The van der Waals surface area contributed by atoms with Gasteiger partial charge in [-0.05, 0) is 12.1 Å². The lowest BCUT2D eigenvalue weighted by Gasteiger charge is -2.29. The minimum Gasteiger partial charge on any atom is -0.467 e. The van der Waals surface area contributed by atoms with Crippen molar-refractivity contribution in [2.45, 2.75) is 0 Å². The Hall–Kier alpha value is -1.33. The van der Waals surface area contributed by atoms with Gasteiger partial charge in [0, 0.05) is 39.4 Å². The van der Waals surface area contributed by atoms with Gasteiger partial charge in [0.1, 0.15) is 11.6 Å². The van der Waals surface area contributed by atoms with Crippen molar-refractivity contribution in [3.63, 3.8) is 0 Å². The van der Waals surface area contributed by atoms with Crippen LogP contribution in [0.2, 0.25) is 0 Å². The van der Waals surface area contributed by atoms with E-state index in [1.807, 2.05) is 4.90 Å². The van der Waals surface area contributed by atoms with Crippen molar-refractivity contribution in [2.24, 2.45) is 0 Å². The number of nitrogens with one attached hydrogen (secondary N) is 1. The average molecular weight is 240 g/mol. The molecule has 0 aliphatic carbocycles. The first kappa shape index (κ1) is 12.1. The van der Waals surface area contributed by atoms with Gasteiger partial charge in [-0.15, -0.1) is 0 Å². The van der Waals surface area contributed by atoms with E-state index in [4.69, 9.17) is 9.47 Å².